The van der Waals surface area contributed by atoms with Gasteiger partial charge < -0.3 is 104 Å². The van der Waals surface area contributed by atoms with E-state index < -0.39 is 17.1 Å². The Morgan fingerprint density at radius 3 is 1.11 bits per heavy atom. The maximum absolute atomic E-state index is 12.6. The summed E-state index contributed by atoms with van der Waals surface area (Å²) in [6.07, 6.45) is 5.64. The number of amides is 3. The highest BCUT2D eigenvalue weighted by Gasteiger charge is 2.24. The van der Waals surface area contributed by atoms with Crippen LogP contribution in [0.4, 0.5) is 0 Å². The summed E-state index contributed by atoms with van der Waals surface area (Å²) in [6, 6.07) is -0.646. The van der Waals surface area contributed by atoms with Gasteiger partial charge in [-0.05, 0) is 105 Å². The molecule has 26 heteroatoms. The molecule has 0 rings (SSSR count). The first-order valence-corrected chi connectivity index (χ1v) is 29.0. The summed E-state index contributed by atoms with van der Waals surface area (Å²) in [6.45, 7) is 25.1. The van der Waals surface area contributed by atoms with Gasteiger partial charge in [-0.25, -0.2) is 0 Å². The van der Waals surface area contributed by atoms with Crippen LogP contribution in [-0.2, 0) is 76.0 Å². The van der Waals surface area contributed by atoms with Crippen LogP contribution in [0.15, 0.2) is 10.3 Å². The minimum atomic E-state index is -0.646. The van der Waals surface area contributed by atoms with Crippen molar-refractivity contribution in [2.75, 3.05) is 191 Å². The molecule has 0 aliphatic carbocycles. The first kappa shape index (κ1) is 77.4. The van der Waals surface area contributed by atoms with Crippen molar-refractivity contribution in [3.8, 4) is 0 Å². The molecule has 0 heterocycles. The average molecular weight is 1170 g/mol. The normalized spacial score (nSPS) is 13.1. The Morgan fingerprint density at radius 1 is 0.432 bits per heavy atom. The van der Waals surface area contributed by atoms with Gasteiger partial charge in [0, 0.05) is 38.9 Å². The lowest BCUT2D eigenvalue weighted by Gasteiger charge is -2.28. The van der Waals surface area contributed by atoms with Crippen molar-refractivity contribution in [1.82, 2.24) is 26.6 Å². The summed E-state index contributed by atoms with van der Waals surface area (Å²) in [7, 11) is 0. The van der Waals surface area contributed by atoms with Gasteiger partial charge in [0.25, 0.3) is 0 Å². The molecule has 0 fully saturated rings. The zero-order valence-electron chi connectivity index (χ0n) is 50.2. The molecule has 0 radical (unpaired) electrons. The summed E-state index contributed by atoms with van der Waals surface area (Å²) < 4.78 is 65.5. The SMILES string of the molecule is C/C(=N/O)C(C)(C)NCCC(CCNC(=O)CCCC(=O)NC(C=O)CCCCNC(=O)CCOCCOCCOCCOCCOCCOCCOCCOCCOCCOCCOCCOCCN)CCNC(C)(C)/C(C)=N\O. The van der Waals surface area contributed by atoms with Crippen molar-refractivity contribution in [2.45, 2.75) is 123 Å². The Morgan fingerprint density at radius 2 is 0.753 bits per heavy atom. The number of hydrogen-bond donors (Lipinski definition) is 8. The number of aldehydes is 1. The maximum atomic E-state index is 12.6. The molecule has 1 unspecified atom stereocenters. The van der Waals surface area contributed by atoms with Gasteiger partial charge in [0.2, 0.25) is 17.7 Å². The van der Waals surface area contributed by atoms with Crippen LogP contribution in [0.2, 0.25) is 0 Å². The number of nitrogens with zero attached hydrogens (tertiary/aromatic N) is 2. The number of nitrogens with one attached hydrogen (secondary N) is 5. The van der Waals surface area contributed by atoms with Gasteiger partial charge in [-0.2, -0.15) is 0 Å². The van der Waals surface area contributed by atoms with Gasteiger partial charge in [-0.15, -0.1) is 0 Å². The molecule has 0 aliphatic rings. The number of rotatable bonds is 62. The lowest BCUT2D eigenvalue weighted by Crippen LogP contribution is -2.47. The molecule has 3 amide bonds. The lowest BCUT2D eigenvalue weighted by atomic mass is 9.94. The van der Waals surface area contributed by atoms with Crippen LogP contribution in [0.3, 0.4) is 0 Å². The number of carbonyl (C=O) groups is 4. The summed E-state index contributed by atoms with van der Waals surface area (Å²) in [5.74, 6) is -0.326. The Bertz CT molecular complexity index is 1530. The van der Waals surface area contributed by atoms with Crippen LogP contribution >= 0.6 is 0 Å². The summed E-state index contributed by atoms with van der Waals surface area (Å²) >= 11 is 0. The maximum Gasteiger partial charge on any atom is 0.222 e. The molecule has 0 saturated heterocycles. The van der Waals surface area contributed by atoms with Crippen LogP contribution in [0.1, 0.15) is 106 Å². The van der Waals surface area contributed by atoms with Crippen molar-refractivity contribution in [2.24, 2.45) is 22.0 Å². The molecule has 476 valence electrons. The van der Waals surface area contributed by atoms with Crippen LogP contribution in [0, 0.1) is 5.92 Å². The monoisotopic (exact) mass is 1170 g/mol. The number of hydrogen-bond acceptors (Lipinski definition) is 23. The standard InChI is InChI=1S/C55H108N8O18/c1-47(62-68)54(3,4)59-20-14-49(15-21-60-55(5,6)48(2)63-69)13-19-58-51(65)11-9-12-53(67)61-50(46-64)10-7-8-18-57-52(66)16-22-70-24-26-72-28-30-74-32-34-76-36-38-78-40-42-80-44-45-81-43-41-79-39-37-77-35-33-75-31-29-73-27-25-71-23-17-56/h46,49-50,59-60,68-69H,7-45,56H2,1-6H3,(H,57,66)(H,58,65)(H,61,67)/b62-47-,63-48-. The van der Waals surface area contributed by atoms with Crippen LogP contribution in [-0.4, -0.2) is 254 Å². The third kappa shape index (κ3) is 50.6. The van der Waals surface area contributed by atoms with Crippen molar-refractivity contribution >= 4 is 35.4 Å². The van der Waals surface area contributed by atoms with E-state index in [2.05, 4.69) is 36.9 Å². The Balaban J connectivity index is 3.72. The second kappa shape index (κ2) is 55.6. The molecule has 81 heavy (non-hydrogen) atoms. The highest BCUT2D eigenvalue weighted by molar-refractivity contribution is 5.90. The zero-order valence-corrected chi connectivity index (χ0v) is 50.2. The zero-order chi connectivity index (χ0) is 59.8. The molecule has 0 spiro atoms. The number of unbranched alkanes of at least 4 members (excludes halogenated alkanes) is 1. The molecule has 26 nitrogen and oxygen atoms in total. The van der Waals surface area contributed by atoms with Crippen molar-refractivity contribution in [1.29, 1.82) is 0 Å². The van der Waals surface area contributed by atoms with Gasteiger partial charge in [-0.1, -0.05) is 10.3 Å². The fourth-order valence-electron chi connectivity index (χ4n) is 7.06. The lowest BCUT2D eigenvalue weighted by molar-refractivity contribution is -0.125. The largest absolute Gasteiger partial charge is 0.411 e. The average Bonchev–Trinajstić information content (AvgIpc) is 3.44. The third-order valence-corrected chi connectivity index (χ3v) is 12.6. The van der Waals surface area contributed by atoms with Gasteiger partial charge in [-0.3, -0.25) is 14.4 Å². The van der Waals surface area contributed by atoms with E-state index in [1.165, 1.54) is 0 Å². The van der Waals surface area contributed by atoms with Crippen LogP contribution in [0.25, 0.3) is 0 Å². The summed E-state index contributed by atoms with van der Waals surface area (Å²) in [4.78, 5) is 49.1. The molecule has 9 N–H and O–H groups in total. The second-order valence-electron chi connectivity index (χ2n) is 20.0. The van der Waals surface area contributed by atoms with E-state index in [0.29, 0.717) is 228 Å². The Labute approximate surface area is 483 Å². The van der Waals surface area contributed by atoms with Gasteiger partial charge >= 0.3 is 0 Å². The number of ether oxygens (including phenoxy) is 12. The Kier molecular flexibility index (Phi) is 53.1. The molecular weight excluding hydrogens is 1060 g/mol. The number of nitrogens with two attached hydrogens (primary N) is 1. The highest BCUT2D eigenvalue weighted by Crippen LogP contribution is 2.16. The molecule has 0 aromatic heterocycles. The van der Waals surface area contributed by atoms with Crippen molar-refractivity contribution in [3.63, 3.8) is 0 Å². The van der Waals surface area contributed by atoms with E-state index in [-0.39, 0.29) is 49.5 Å². The first-order chi connectivity index (χ1) is 39.2. The van der Waals surface area contributed by atoms with E-state index in [4.69, 9.17) is 62.6 Å². The number of carbonyl (C=O) groups excluding carboxylic acids is 4. The van der Waals surface area contributed by atoms with E-state index >= 15 is 0 Å². The van der Waals surface area contributed by atoms with E-state index in [1.54, 1.807) is 13.8 Å². The fraction of sp³-hybridized carbons (Fsp3) is 0.891. The van der Waals surface area contributed by atoms with Gasteiger partial charge in [0.1, 0.15) is 6.29 Å². The Hall–Kier alpha value is -3.58. The molecule has 0 saturated carbocycles. The van der Waals surface area contributed by atoms with E-state index in [9.17, 15) is 29.6 Å². The molecule has 0 aliphatic heterocycles. The third-order valence-electron chi connectivity index (χ3n) is 12.6. The van der Waals surface area contributed by atoms with Gasteiger partial charge in [0.15, 0.2) is 0 Å². The smallest absolute Gasteiger partial charge is 0.222 e. The predicted molar refractivity (Wildman–Crippen MR) is 307 cm³/mol. The fourth-order valence-corrected chi connectivity index (χ4v) is 7.06. The number of oxime groups is 2. The van der Waals surface area contributed by atoms with Gasteiger partial charge in [0.05, 0.1) is 187 Å². The van der Waals surface area contributed by atoms with E-state index in [0.717, 1.165) is 19.3 Å². The minimum Gasteiger partial charge on any atom is -0.411 e. The molecule has 1 atom stereocenters. The molecule has 0 bridgehead atoms. The van der Waals surface area contributed by atoms with Crippen LogP contribution < -0.4 is 32.3 Å². The second-order valence-corrected chi connectivity index (χ2v) is 20.0. The summed E-state index contributed by atoms with van der Waals surface area (Å²) in [5.41, 5.74) is 5.55. The predicted octanol–water partition coefficient (Wildman–Crippen LogP) is 2.01. The first-order valence-electron chi connectivity index (χ1n) is 29.0. The van der Waals surface area contributed by atoms with E-state index in [1.807, 2.05) is 27.7 Å². The highest BCUT2D eigenvalue weighted by atomic mass is 16.6. The molecule has 0 aromatic carbocycles. The molecular formula is C55H108N8O18. The van der Waals surface area contributed by atoms with Crippen molar-refractivity contribution in [3.05, 3.63) is 0 Å². The minimum absolute atomic E-state index is 0.115. The summed E-state index contributed by atoms with van der Waals surface area (Å²) in [5, 5.41) is 40.5. The topological polar surface area (TPSA) is 330 Å². The van der Waals surface area contributed by atoms with Crippen molar-refractivity contribution < 1.29 is 86.4 Å². The quantitative estimate of drug-likeness (QED) is 0.0142. The van der Waals surface area contributed by atoms with Crippen LogP contribution in [0.5, 0.6) is 0 Å². The molecule has 0 aromatic rings.